The Hall–Kier alpha value is -2.30. The third-order valence-corrected chi connectivity index (χ3v) is 2.35. The van der Waals surface area contributed by atoms with E-state index < -0.39 is 17.7 Å². The van der Waals surface area contributed by atoms with Crippen LogP contribution in [0.15, 0.2) is 29.8 Å². The maximum Gasteiger partial charge on any atom is 0.348 e. The van der Waals surface area contributed by atoms with Gasteiger partial charge in [0.1, 0.15) is 11.3 Å². The number of hydrogen-bond donors (Lipinski definition) is 1. The molecule has 1 saturated heterocycles. The van der Waals surface area contributed by atoms with Gasteiger partial charge < -0.3 is 14.6 Å². The molecule has 0 radical (unpaired) electrons. The quantitative estimate of drug-likeness (QED) is 0.464. The first kappa shape index (κ1) is 12.2. The lowest BCUT2D eigenvalue weighted by atomic mass is 10.1. The van der Waals surface area contributed by atoms with Crippen LogP contribution < -0.4 is 0 Å². The third-order valence-electron chi connectivity index (χ3n) is 2.35. The van der Waals surface area contributed by atoms with Gasteiger partial charge in [0.05, 0.1) is 0 Å². The first-order valence-electron chi connectivity index (χ1n) is 5.35. The molecule has 1 aliphatic rings. The van der Waals surface area contributed by atoms with Gasteiger partial charge in [-0.1, -0.05) is 18.2 Å². The van der Waals surface area contributed by atoms with Crippen LogP contribution in [-0.2, 0) is 19.1 Å². The van der Waals surface area contributed by atoms with E-state index in [0.717, 1.165) is 0 Å². The fraction of sp³-hybridized carbons (Fsp3) is 0.231. The predicted octanol–water partition coefficient (Wildman–Crippen LogP) is 1.61. The first-order chi connectivity index (χ1) is 8.39. The van der Waals surface area contributed by atoms with Gasteiger partial charge in [0.15, 0.2) is 0 Å². The van der Waals surface area contributed by atoms with Gasteiger partial charge in [0.2, 0.25) is 0 Å². The number of hydrogen-bond acceptors (Lipinski definition) is 5. The average molecular weight is 248 g/mol. The number of rotatable bonds is 1. The number of phenols is 1. The summed E-state index contributed by atoms with van der Waals surface area (Å²) in [6.45, 7) is 2.94. The monoisotopic (exact) mass is 248 g/mol. The maximum atomic E-state index is 11.7. The summed E-state index contributed by atoms with van der Waals surface area (Å²) < 4.78 is 9.87. The zero-order valence-electron chi connectivity index (χ0n) is 9.97. The van der Waals surface area contributed by atoms with Crippen LogP contribution in [0.2, 0.25) is 0 Å². The number of carbonyl (C=O) groups excluding carboxylic acids is 2. The number of esters is 2. The number of cyclic esters (lactones) is 2. The Labute approximate surface area is 104 Å². The van der Waals surface area contributed by atoms with Crippen molar-refractivity contribution in [3.05, 3.63) is 35.4 Å². The van der Waals surface area contributed by atoms with Gasteiger partial charge in [-0.2, -0.15) is 0 Å². The zero-order chi connectivity index (χ0) is 13.3. The minimum absolute atomic E-state index is 0.0320. The summed E-state index contributed by atoms with van der Waals surface area (Å²) >= 11 is 0. The highest BCUT2D eigenvalue weighted by Gasteiger charge is 2.38. The Morgan fingerprint density at radius 1 is 1.11 bits per heavy atom. The molecule has 1 heterocycles. The van der Waals surface area contributed by atoms with Crippen LogP contribution in [0.1, 0.15) is 19.4 Å². The van der Waals surface area contributed by atoms with E-state index in [2.05, 4.69) is 0 Å². The van der Waals surface area contributed by atoms with E-state index in [-0.39, 0.29) is 11.3 Å². The molecule has 0 bridgehead atoms. The second-order valence-electron chi connectivity index (χ2n) is 4.30. The fourth-order valence-electron chi connectivity index (χ4n) is 1.54. The van der Waals surface area contributed by atoms with E-state index in [9.17, 15) is 14.7 Å². The van der Waals surface area contributed by atoms with Crippen molar-refractivity contribution in [2.24, 2.45) is 0 Å². The van der Waals surface area contributed by atoms with Gasteiger partial charge in [-0.25, -0.2) is 9.59 Å². The predicted molar refractivity (Wildman–Crippen MR) is 62.3 cm³/mol. The number of benzene rings is 1. The molecule has 0 aromatic heterocycles. The molecule has 5 heteroatoms. The molecule has 0 amide bonds. The van der Waals surface area contributed by atoms with Gasteiger partial charge in [0.25, 0.3) is 5.79 Å². The average Bonchev–Trinajstić information content (AvgIpc) is 2.24. The number of aromatic hydroxyl groups is 1. The van der Waals surface area contributed by atoms with Gasteiger partial charge in [-0.15, -0.1) is 0 Å². The lowest BCUT2D eigenvalue weighted by Gasteiger charge is -2.29. The van der Waals surface area contributed by atoms with Crippen molar-refractivity contribution in [2.75, 3.05) is 0 Å². The molecule has 5 nitrogen and oxygen atoms in total. The van der Waals surface area contributed by atoms with Crippen LogP contribution in [0.5, 0.6) is 5.75 Å². The van der Waals surface area contributed by atoms with Crippen LogP contribution >= 0.6 is 0 Å². The van der Waals surface area contributed by atoms with E-state index in [1.54, 1.807) is 18.2 Å². The summed E-state index contributed by atoms with van der Waals surface area (Å²) in [5.41, 5.74) is 0.108. The number of ether oxygens (including phenoxy) is 2. The molecule has 0 saturated carbocycles. The van der Waals surface area contributed by atoms with Gasteiger partial charge in [0, 0.05) is 19.4 Å². The Morgan fingerprint density at radius 3 is 2.22 bits per heavy atom. The number of phenolic OH excluding ortho intramolecular Hbond substituents is 1. The van der Waals surface area contributed by atoms with E-state index in [0.29, 0.717) is 5.56 Å². The van der Waals surface area contributed by atoms with E-state index in [1.807, 2.05) is 0 Å². The Bertz CT molecular complexity index is 520. The summed E-state index contributed by atoms with van der Waals surface area (Å²) in [7, 11) is 0. The Morgan fingerprint density at radius 2 is 1.67 bits per heavy atom. The highest BCUT2D eigenvalue weighted by molar-refractivity contribution is 6.19. The summed E-state index contributed by atoms with van der Waals surface area (Å²) in [6, 6.07) is 6.34. The molecule has 1 aromatic carbocycles. The molecule has 1 aromatic rings. The molecule has 0 atom stereocenters. The van der Waals surface area contributed by atoms with Crippen molar-refractivity contribution in [3.8, 4) is 5.75 Å². The normalized spacial score (nSPS) is 18.0. The van der Waals surface area contributed by atoms with Gasteiger partial charge in [-0.05, 0) is 12.1 Å². The van der Waals surface area contributed by atoms with Crippen molar-refractivity contribution in [1.29, 1.82) is 0 Å². The minimum Gasteiger partial charge on any atom is -0.507 e. The summed E-state index contributed by atoms with van der Waals surface area (Å²) in [6.07, 6.45) is 1.25. The molecule has 0 aliphatic carbocycles. The summed E-state index contributed by atoms with van der Waals surface area (Å²) in [5, 5.41) is 9.57. The summed E-state index contributed by atoms with van der Waals surface area (Å²) in [4.78, 5) is 23.3. The van der Waals surface area contributed by atoms with Crippen LogP contribution in [0, 0.1) is 0 Å². The maximum absolute atomic E-state index is 11.7. The Balaban J connectivity index is 2.37. The van der Waals surface area contributed by atoms with Gasteiger partial charge >= 0.3 is 11.9 Å². The van der Waals surface area contributed by atoms with Crippen molar-refractivity contribution in [2.45, 2.75) is 19.6 Å². The second-order valence-corrected chi connectivity index (χ2v) is 4.30. The SMILES string of the molecule is CC1(C)OC(=O)C(=Cc2ccccc2O)C(=O)O1. The molecule has 0 unspecified atom stereocenters. The second kappa shape index (κ2) is 4.18. The molecule has 18 heavy (non-hydrogen) atoms. The molecule has 1 fully saturated rings. The first-order valence-corrected chi connectivity index (χ1v) is 5.35. The molecule has 1 N–H and O–H groups in total. The van der Waals surface area contributed by atoms with Crippen LogP contribution in [0.3, 0.4) is 0 Å². The molecule has 94 valence electrons. The standard InChI is InChI=1S/C13H12O5/c1-13(2)17-11(15)9(12(16)18-13)7-8-5-3-4-6-10(8)14/h3-7,14H,1-2H3. The van der Waals surface area contributed by atoms with E-state index in [1.165, 1.54) is 26.0 Å². The zero-order valence-corrected chi connectivity index (χ0v) is 9.97. The van der Waals surface area contributed by atoms with E-state index in [4.69, 9.17) is 9.47 Å². The van der Waals surface area contributed by atoms with Crippen molar-refractivity contribution in [1.82, 2.24) is 0 Å². The molecular formula is C13H12O5. The lowest BCUT2D eigenvalue weighted by molar-refractivity contribution is -0.222. The third kappa shape index (κ3) is 2.34. The van der Waals surface area contributed by atoms with Crippen molar-refractivity contribution in [3.63, 3.8) is 0 Å². The van der Waals surface area contributed by atoms with Crippen LogP contribution in [-0.4, -0.2) is 22.8 Å². The molecule has 2 rings (SSSR count). The minimum atomic E-state index is -1.26. The van der Waals surface area contributed by atoms with Gasteiger partial charge in [-0.3, -0.25) is 0 Å². The summed E-state index contributed by atoms with van der Waals surface area (Å²) in [5.74, 6) is -2.82. The molecule has 0 spiro atoms. The van der Waals surface area contributed by atoms with Crippen molar-refractivity contribution < 1.29 is 24.2 Å². The highest BCUT2D eigenvalue weighted by atomic mass is 16.7. The molecular weight excluding hydrogens is 236 g/mol. The smallest absolute Gasteiger partial charge is 0.348 e. The molecule has 1 aliphatic heterocycles. The van der Waals surface area contributed by atoms with Crippen molar-refractivity contribution >= 4 is 18.0 Å². The number of carbonyl (C=O) groups is 2. The Kier molecular flexibility index (Phi) is 2.82. The highest BCUT2D eigenvalue weighted by Crippen LogP contribution is 2.26. The topological polar surface area (TPSA) is 72.8 Å². The van der Waals surface area contributed by atoms with Crippen LogP contribution in [0.4, 0.5) is 0 Å². The fourth-order valence-corrected chi connectivity index (χ4v) is 1.54. The van der Waals surface area contributed by atoms with E-state index >= 15 is 0 Å². The van der Waals surface area contributed by atoms with Crippen LogP contribution in [0.25, 0.3) is 6.08 Å². The largest absolute Gasteiger partial charge is 0.507 e. The number of para-hydroxylation sites is 1. The lowest BCUT2D eigenvalue weighted by Crippen LogP contribution is -2.41.